The third-order valence-corrected chi connectivity index (χ3v) is 4.31. The van der Waals surface area contributed by atoms with Crippen LogP contribution in [-0.2, 0) is 16.1 Å². The summed E-state index contributed by atoms with van der Waals surface area (Å²) < 4.78 is 5.33. The minimum Gasteiger partial charge on any atom is -0.445 e. The SMILES string of the molecule is O=C(Nc1cccnc1Cl)C1CCCN1C(=O)OCc1ccccc1. The zero-order chi connectivity index (χ0) is 17.6. The van der Waals surface area contributed by atoms with Crippen molar-refractivity contribution in [1.82, 2.24) is 9.88 Å². The summed E-state index contributed by atoms with van der Waals surface area (Å²) in [5.74, 6) is -0.288. The molecule has 0 spiro atoms. The molecule has 1 aromatic heterocycles. The van der Waals surface area contributed by atoms with Crippen LogP contribution >= 0.6 is 11.6 Å². The fourth-order valence-corrected chi connectivity index (χ4v) is 2.92. The maximum Gasteiger partial charge on any atom is 0.410 e. The number of aromatic nitrogens is 1. The summed E-state index contributed by atoms with van der Waals surface area (Å²) in [5.41, 5.74) is 1.33. The molecule has 0 bridgehead atoms. The first kappa shape index (κ1) is 17.2. The molecule has 3 rings (SSSR count). The standard InChI is InChI=1S/C18H18ClN3O3/c19-16-14(8-4-10-20-16)21-17(23)15-9-5-11-22(15)18(24)25-12-13-6-2-1-3-7-13/h1-4,6-8,10,15H,5,9,11-12H2,(H,21,23). The second-order valence-corrected chi connectivity index (χ2v) is 6.08. The summed E-state index contributed by atoms with van der Waals surface area (Å²) in [7, 11) is 0. The van der Waals surface area contributed by atoms with Crippen molar-refractivity contribution in [2.45, 2.75) is 25.5 Å². The quantitative estimate of drug-likeness (QED) is 0.848. The molecular weight excluding hydrogens is 342 g/mol. The van der Waals surface area contributed by atoms with E-state index in [0.717, 1.165) is 12.0 Å². The number of halogens is 1. The van der Waals surface area contributed by atoms with Gasteiger partial charge in [-0.15, -0.1) is 0 Å². The van der Waals surface area contributed by atoms with Crippen LogP contribution in [0.15, 0.2) is 48.7 Å². The van der Waals surface area contributed by atoms with Gasteiger partial charge in [-0.1, -0.05) is 41.9 Å². The van der Waals surface area contributed by atoms with Gasteiger partial charge in [-0.3, -0.25) is 9.69 Å². The van der Waals surface area contributed by atoms with Gasteiger partial charge in [0.25, 0.3) is 0 Å². The Morgan fingerprint density at radius 1 is 1.24 bits per heavy atom. The zero-order valence-corrected chi connectivity index (χ0v) is 14.3. The summed E-state index contributed by atoms with van der Waals surface area (Å²) >= 11 is 5.96. The molecule has 1 saturated heterocycles. The molecule has 2 heterocycles. The van der Waals surface area contributed by atoms with Crippen LogP contribution in [0.3, 0.4) is 0 Å². The van der Waals surface area contributed by atoms with Crippen LogP contribution in [0.2, 0.25) is 5.15 Å². The van der Waals surface area contributed by atoms with Gasteiger partial charge >= 0.3 is 6.09 Å². The number of hydrogen-bond donors (Lipinski definition) is 1. The number of hydrogen-bond acceptors (Lipinski definition) is 4. The van der Waals surface area contributed by atoms with Gasteiger partial charge in [-0.05, 0) is 30.5 Å². The highest BCUT2D eigenvalue weighted by Gasteiger charge is 2.35. The maximum absolute atomic E-state index is 12.5. The molecule has 0 aliphatic carbocycles. The van der Waals surface area contributed by atoms with Crippen molar-refractivity contribution in [1.29, 1.82) is 0 Å². The zero-order valence-electron chi connectivity index (χ0n) is 13.5. The van der Waals surface area contributed by atoms with Crippen molar-refractivity contribution in [3.63, 3.8) is 0 Å². The van der Waals surface area contributed by atoms with E-state index in [2.05, 4.69) is 10.3 Å². The van der Waals surface area contributed by atoms with E-state index < -0.39 is 12.1 Å². The number of ether oxygens (including phenoxy) is 1. The van der Waals surface area contributed by atoms with Crippen LogP contribution in [0.25, 0.3) is 0 Å². The number of carbonyl (C=O) groups excluding carboxylic acids is 2. The average Bonchev–Trinajstić information content (AvgIpc) is 3.12. The van der Waals surface area contributed by atoms with Crippen LogP contribution in [0.1, 0.15) is 18.4 Å². The molecule has 25 heavy (non-hydrogen) atoms. The molecule has 130 valence electrons. The molecule has 1 aliphatic rings. The van der Waals surface area contributed by atoms with Crippen molar-refractivity contribution in [2.24, 2.45) is 0 Å². The Labute approximate surface area is 150 Å². The van der Waals surface area contributed by atoms with Gasteiger partial charge in [0.2, 0.25) is 5.91 Å². The molecule has 1 unspecified atom stereocenters. The maximum atomic E-state index is 12.5. The number of nitrogens with zero attached hydrogens (tertiary/aromatic N) is 2. The van der Waals surface area contributed by atoms with Gasteiger partial charge in [0.15, 0.2) is 5.15 Å². The first-order chi connectivity index (χ1) is 12.1. The second-order valence-electron chi connectivity index (χ2n) is 5.72. The Morgan fingerprint density at radius 3 is 2.80 bits per heavy atom. The number of carbonyl (C=O) groups is 2. The van der Waals surface area contributed by atoms with E-state index in [1.54, 1.807) is 18.3 Å². The van der Waals surface area contributed by atoms with Crippen molar-refractivity contribution >= 4 is 29.3 Å². The van der Waals surface area contributed by atoms with E-state index in [-0.39, 0.29) is 17.7 Å². The lowest BCUT2D eigenvalue weighted by Gasteiger charge is -2.23. The fourth-order valence-electron chi connectivity index (χ4n) is 2.76. The monoisotopic (exact) mass is 359 g/mol. The van der Waals surface area contributed by atoms with Gasteiger partial charge in [0.1, 0.15) is 12.6 Å². The van der Waals surface area contributed by atoms with Crippen molar-refractivity contribution in [3.05, 3.63) is 59.4 Å². The first-order valence-corrected chi connectivity index (χ1v) is 8.41. The molecule has 1 N–H and O–H groups in total. The minimum absolute atomic E-state index is 0.180. The molecule has 1 atom stereocenters. The molecule has 1 fully saturated rings. The lowest BCUT2D eigenvalue weighted by Crippen LogP contribution is -2.43. The van der Waals surface area contributed by atoms with Gasteiger partial charge in [0, 0.05) is 12.7 Å². The number of benzene rings is 1. The topological polar surface area (TPSA) is 71.5 Å². The lowest BCUT2D eigenvalue weighted by molar-refractivity contribution is -0.120. The largest absolute Gasteiger partial charge is 0.445 e. The van der Waals surface area contributed by atoms with Crippen molar-refractivity contribution < 1.29 is 14.3 Å². The first-order valence-electron chi connectivity index (χ1n) is 8.04. The Bertz CT molecular complexity index is 754. The highest BCUT2D eigenvalue weighted by molar-refractivity contribution is 6.32. The predicted octanol–water partition coefficient (Wildman–Crippen LogP) is 3.47. The summed E-state index contributed by atoms with van der Waals surface area (Å²) in [6.45, 7) is 0.672. The van der Waals surface area contributed by atoms with Crippen molar-refractivity contribution in [3.8, 4) is 0 Å². The Hall–Kier alpha value is -2.60. The molecular formula is C18H18ClN3O3. The van der Waals surface area contributed by atoms with Gasteiger partial charge in [-0.2, -0.15) is 0 Å². The van der Waals surface area contributed by atoms with E-state index in [1.165, 1.54) is 4.90 Å². The highest BCUT2D eigenvalue weighted by Crippen LogP contribution is 2.23. The molecule has 0 saturated carbocycles. The Morgan fingerprint density at radius 2 is 2.04 bits per heavy atom. The second kappa shape index (κ2) is 7.98. The molecule has 0 radical (unpaired) electrons. The summed E-state index contributed by atoms with van der Waals surface area (Å²) in [6, 6.07) is 12.2. The number of nitrogens with one attached hydrogen (secondary N) is 1. The number of rotatable bonds is 4. The van der Waals surface area contributed by atoms with Gasteiger partial charge in [-0.25, -0.2) is 9.78 Å². The Kier molecular flexibility index (Phi) is 5.50. The molecule has 2 amide bonds. The number of likely N-dealkylation sites (tertiary alicyclic amines) is 1. The van der Waals surface area contributed by atoms with Crippen LogP contribution in [0.4, 0.5) is 10.5 Å². The molecule has 1 aliphatic heterocycles. The summed E-state index contributed by atoms with van der Waals surface area (Å²) in [5, 5.41) is 2.94. The van der Waals surface area contributed by atoms with Crippen LogP contribution in [0, 0.1) is 0 Å². The minimum atomic E-state index is -0.570. The normalized spacial score (nSPS) is 16.5. The fraction of sp³-hybridized carbons (Fsp3) is 0.278. The van der Waals surface area contributed by atoms with E-state index in [9.17, 15) is 9.59 Å². The average molecular weight is 360 g/mol. The third kappa shape index (κ3) is 4.28. The molecule has 7 heteroatoms. The highest BCUT2D eigenvalue weighted by atomic mass is 35.5. The number of amides is 2. The number of pyridine rings is 1. The van der Waals surface area contributed by atoms with Crippen molar-refractivity contribution in [2.75, 3.05) is 11.9 Å². The Balaban J connectivity index is 1.60. The summed E-state index contributed by atoms with van der Waals surface area (Å²) in [6.07, 6.45) is 2.39. The van der Waals surface area contributed by atoms with E-state index in [0.29, 0.717) is 18.7 Å². The summed E-state index contributed by atoms with van der Waals surface area (Å²) in [4.78, 5) is 30.2. The van der Waals surface area contributed by atoms with Crippen LogP contribution in [-0.4, -0.2) is 34.5 Å². The smallest absolute Gasteiger partial charge is 0.410 e. The molecule has 6 nitrogen and oxygen atoms in total. The van der Waals surface area contributed by atoms with E-state index in [1.807, 2.05) is 30.3 Å². The number of anilines is 1. The lowest BCUT2D eigenvalue weighted by atomic mass is 10.2. The predicted molar refractivity (Wildman–Crippen MR) is 94.2 cm³/mol. The van der Waals surface area contributed by atoms with E-state index in [4.69, 9.17) is 16.3 Å². The van der Waals surface area contributed by atoms with Crippen LogP contribution in [0.5, 0.6) is 0 Å². The van der Waals surface area contributed by atoms with Gasteiger partial charge < -0.3 is 10.1 Å². The molecule has 2 aromatic rings. The van der Waals surface area contributed by atoms with Gasteiger partial charge in [0.05, 0.1) is 5.69 Å². The molecule has 1 aromatic carbocycles. The van der Waals surface area contributed by atoms with E-state index >= 15 is 0 Å². The van der Waals surface area contributed by atoms with Crippen LogP contribution < -0.4 is 5.32 Å². The third-order valence-electron chi connectivity index (χ3n) is 4.01.